The van der Waals surface area contributed by atoms with Gasteiger partial charge < -0.3 is 10.6 Å². The van der Waals surface area contributed by atoms with E-state index in [1.165, 1.54) is 5.57 Å². The lowest BCUT2D eigenvalue weighted by Crippen LogP contribution is -2.46. The van der Waals surface area contributed by atoms with Gasteiger partial charge in [-0.05, 0) is 33.6 Å². The minimum absolute atomic E-state index is 0.0934. The highest BCUT2D eigenvalue weighted by atomic mass is 16.2. The van der Waals surface area contributed by atoms with Crippen LogP contribution in [0.15, 0.2) is 11.6 Å². The summed E-state index contributed by atoms with van der Waals surface area (Å²) in [5.41, 5.74) is 1.26. The molecule has 0 radical (unpaired) electrons. The molecule has 3 heteroatoms. The van der Waals surface area contributed by atoms with E-state index < -0.39 is 0 Å². The fourth-order valence-electron chi connectivity index (χ4n) is 1.35. The van der Waals surface area contributed by atoms with Crippen molar-refractivity contribution in [1.82, 2.24) is 10.6 Å². The number of hydrogen-bond donors (Lipinski definition) is 2. The Morgan fingerprint density at radius 3 is 2.25 bits per heavy atom. The summed E-state index contributed by atoms with van der Waals surface area (Å²) in [6.45, 7) is 10.9. The topological polar surface area (TPSA) is 41.1 Å². The van der Waals surface area contributed by atoms with Crippen LogP contribution in [-0.2, 0) is 4.79 Å². The highest BCUT2D eigenvalue weighted by molar-refractivity contribution is 5.81. The van der Waals surface area contributed by atoms with E-state index in [0.717, 1.165) is 19.4 Å². The highest BCUT2D eigenvalue weighted by Gasteiger charge is 2.14. The molecule has 0 aliphatic rings. The third kappa shape index (κ3) is 6.62. The van der Waals surface area contributed by atoms with Gasteiger partial charge in [0.05, 0.1) is 6.04 Å². The fraction of sp³-hybridized carbons (Fsp3) is 0.769. The number of hydrogen-bond acceptors (Lipinski definition) is 2. The van der Waals surface area contributed by atoms with Gasteiger partial charge in [-0.15, -0.1) is 0 Å². The van der Waals surface area contributed by atoms with Crippen LogP contribution in [0.1, 0.15) is 47.5 Å². The van der Waals surface area contributed by atoms with Crippen LogP contribution < -0.4 is 10.6 Å². The molecule has 1 atom stereocenters. The number of carbonyl (C=O) groups is 1. The van der Waals surface area contributed by atoms with Crippen molar-refractivity contribution in [3.05, 3.63) is 11.6 Å². The Kier molecular flexibility index (Phi) is 7.90. The van der Waals surface area contributed by atoms with E-state index in [0.29, 0.717) is 6.04 Å². The van der Waals surface area contributed by atoms with E-state index >= 15 is 0 Å². The zero-order valence-electron chi connectivity index (χ0n) is 11.3. The van der Waals surface area contributed by atoms with Crippen molar-refractivity contribution in [2.75, 3.05) is 6.54 Å². The zero-order valence-corrected chi connectivity index (χ0v) is 11.3. The Hall–Kier alpha value is -0.830. The first-order chi connectivity index (χ1) is 7.51. The summed E-state index contributed by atoms with van der Waals surface area (Å²) in [5.74, 6) is 0.0934. The van der Waals surface area contributed by atoms with Gasteiger partial charge in [-0.25, -0.2) is 0 Å². The average molecular weight is 226 g/mol. The molecule has 0 heterocycles. The van der Waals surface area contributed by atoms with Crippen molar-refractivity contribution in [2.45, 2.75) is 59.5 Å². The van der Waals surface area contributed by atoms with Crippen LogP contribution in [0, 0.1) is 0 Å². The van der Waals surface area contributed by atoms with Gasteiger partial charge in [-0.2, -0.15) is 0 Å². The lowest BCUT2D eigenvalue weighted by molar-refractivity contribution is -0.123. The van der Waals surface area contributed by atoms with Crippen molar-refractivity contribution in [3.8, 4) is 0 Å². The fourth-order valence-corrected chi connectivity index (χ4v) is 1.35. The Balaban J connectivity index is 3.94. The molecular formula is C13H26N2O. The first-order valence-corrected chi connectivity index (χ1v) is 6.18. The minimum Gasteiger partial charge on any atom is -0.352 e. The summed E-state index contributed by atoms with van der Waals surface area (Å²) >= 11 is 0. The first-order valence-electron chi connectivity index (χ1n) is 6.18. The Labute approximate surface area is 99.7 Å². The quantitative estimate of drug-likeness (QED) is 0.654. The predicted molar refractivity (Wildman–Crippen MR) is 69.4 cm³/mol. The number of carbonyl (C=O) groups excluding carboxylic acids is 1. The van der Waals surface area contributed by atoms with Crippen LogP contribution in [0.25, 0.3) is 0 Å². The summed E-state index contributed by atoms with van der Waals surface area (Å²) in [4.78, 5) is 11.8. The monoisotopic (exact) mass is 226 g/mol. The van der Waals surface area contributed by atoms with Crippen molar-refractivity contribution in [2.24, 2.45) is 0 Å². The Morgan fingerprint density at radius 1 is 1.25 bits per heavy atom. The molecule has 0 saturated heterocycles. The van der Waals surface area contributed by atoms with Gasteiger partial charge in [0.15, 0.2) is 0 Å². The zero-order chi connectivity index (χ0) is 12.6. The maximum atomic E-state index is 11.8. The van der Waals surface area contributed by atoms with E-state index in [1.54, 1.807) is 0 Å². The molecule has 0 saturated carbocycles. The summed E-state index contributed by atoms with van der Waals surface area (Å²) in [6, 6.07) is 0.177. The lowest BCUT2D eigenvalue weighted by atomic mass is 10.1. The van der Waals surface area contributed by atoms with Crippen LogP contribution >= 0.6 is 0 Å². The lowest BCUT2D eigenvalue weighted by Gasteiger charge is -2.18. The molecule has 2 N–H and O–H groups in total. The van der Waals surface area contributed by atoms with Crippen molar-refractivity contribution >= 4 is 5.91 Å². The van der Waals surface area contributed by atoms with Gasteiger partial charge in [0.25, 0.3) is 0 Å². The SMILES string of the molecule is CCC(CC)NC(=O)C(C)NCC=C(C)C. The molecule has 0 aromatic rings. The molecular weight excluding hydrogens is 200 g/mol. The number of amides is 1. The molecule has 3 nitrogen and oxygen atoms in total. The van der Waals surface area contributed by atoms with Gasteiger partial charge in [0.1, 0.15) is 0 Å². The summed E-state index contributed by atoms with van der Waals surface area (Å²) in [7, 11) is 0. The molecule has 0 aromatic carbocycles. The second-order valence-electron chi connectivity index (χ2n) is 4.43. The van der Waals surface area contributed by atoms with Crippen LogP contribution in [0.5, 0.6) is 0 Å². The number of nitrogens with one attached hydrogen (secondary N) is 2. The number of rotatable bonds is 7. The second-order valence-corrected chi connectivity index (χ2v) is 4.43. The van der Waals surface area contributed by atoms with E-state index in [1.807, 2.05) is 6.92 Å². The minimum atomic E-state index is -0.129. The molecule has 0 aliphatic heterocycles. The number of allylic oxidation sites excluding steroid dienone is 1. The maximum absolute atomic E-state index is 11.8. The van der Waals surface area contributed by atoms with E-state index in [-0.39, 0.29) is 11.9 Å². The molecule has 16 heavy (non-hydrogen) atoms. The Morgan fingerprint density at radius 2 is 1.81 bits per heavy atom. The summed E-state index contributed by atoms with van der Waals surface area (Å²) in [6.07, 6.45) is 4.06. The molecule has 1 unspecified atom stereocenters. The molecule has 0 fully saturated rings. The largest absolute Gasteiger partial charge is 0.352 e. The van der Waals surface area contributed by atoms with Gasteiger partial charge in [-0.1, -0.05) is 25.5 Å². The average Bonchev–Trinajstić information content (AvgIpc) is 2.24. The van der Waals surface area contributed by atoms with Crippen LogP contribution in [0.2, 0.25) is 0 Å². The normalized spacial score (nSPS) is 12.4. The third-order valence-corrected chi connectivity index (χ3v) is 2.66. The second kappa shape index (κ2) is 8.34. The summed E-state index contributed by atoms with van der Waals surface area (Å²) in [5, 5.41) is 6.21. The summed E-state index contributed by atoms with van der Waals surface area (Å²) < 4.78 is 0. The van der Waals surface area contributed by atoms with Crippen LogP contribution in [0.4, 0.5) is 0 Å². The van der Waals surface area contributed by atoms with E-state index in [9.17, 15) is 4.79 Å². The van der Waals surface area contributed by atoms with Crippen molar-refractivity contribution in [3.63, 3.8) is 0 Å². The molecule has 0 spiro atoms. The predicted octanol–water partition coefficient (Wildman–Crippen LogP) is 2.24. The van der Waals surface area contributed by atoms with E-state index in [4.69, 9.17) is 0 Å². The van der Waals surface area contributed by atoms with Gasteiger partial charge in [0.2, 0.25) is 5.91 Å². The van der Waals surface area contributed by atoms with Crippen LogP contribution in [0.3, 0.4) is 0 Å². The highest BCUT2D eigenvalue weighted by Crippen LogP contribution is 1.97. The molecule has 94 valence electrons. The van der Waals surface area contributed by atoms with Gasteiger partial charge in [-0.3, -0.25) is 4.79 Å². The molecule has 0 aliphatic carbocycles. The van der Waals surface area contributed by atoms with Crippen molar-refractivity contribution in [1.29, 1.82) is 0 Å². The molecule has 0 rings (SSSR count). The smallest absolute Gasteiger partial charge is 0.237 e. The molecule has 0 aromatic heterocycles. The third-order valence-electron chi connectivity index (χ3n) is 2.66. The molecule has 0 bridgehead atoms. The van der Waals surface area contributed by atoms with Crippen molar-refractivity contribution < 1.29 is 4.79 Å². The first kappa shape index (κ1) is 15.2. The molecule has 1 amide bonds. The maximum Gasteiger partial charge on any atom is 0.237 e. The standard InChI is InChI=1S/C13H26N2O/c1-6-12(7-2)15-13(16)11(5)14-9-8-10(3)4/h8,11-12,14H,6-7,9H2,1-5H3,(H,15,16). The van der Waals surface area contributed by atoms with Crippen LogP contribution in [-0.4, -0.2) is 24.5 Å². The Bertz CT molecular complexity index is 228. The van der Waals surface area contributed by atoms with E-state index in [2.05, 4.69) is 44.4 Å². The van der Waals surface area contributed by atoms with Gasteiger partial charge in [0, 0.05) is 12.6 Å². The van der Waals surface area contributed by atoms with Gasteiger partial charge >= 0.3 is 0 Å².